The van der Waals surface area contributed by atoms with Crippen molar-refractivity contribution in [2.45, 2.75) is 36.7 Å². The van der Waals surface area contributed by atoms with E-state index in [1.807, 2.05) is 0 Å². The predicted octanol–water partition coefficient (Wildman–Crippen LogP) is -1.61. The first-order valence-corrected chi connectivity index (χ1v) is 7.17. The standard InChI is InChI=1S/C9H18N2O4S/c1-16(14,15)8-4-2-3-6(8)11-5-7(12)9(10)13/h6-8,11-12H,2-5H2,1H3,(H2,10,13). The van der Waals surface area contributed by atoms with E-state index in [0.29, 0.717) is 6.42 Å². The molecule has 94 valence electrons. The Bertz CT molecular complexity index is 355. The van der Waals surface area contributed by atoms with Crippen molar-refractivity contribution in [3.05, 3.63) is 0 Å². The van der Waals surface area contributed by atoms with Crippen molar-refractivity contribution in [1.82, 2.24) is 5.32 Å². The van der Waals surface area contributed by atoms with E-state index >= 15 is 0 Å². The maximum absolute atomic E-state index is 11.4. The van der Waals surface area contributed by atoms with Gasteiger partial charge in [-0.2, -0.15) is 0 Å². The molecule has 1 fully saturated rings. The molecule has 1 aliphatic carbocycles. The SMILES string of the molecule is CS(=O)(=O)C1CCCC1NCC(O)C(N)=O. The van der Waals surface area contributed by atoms with Gasteiger partial charge in [0.05, 0.1) is 5.25 Å². The second kappa shape index (κ2) is 5.11. The van der Waals surface area contributed by atoms with Crippen LogP contribution in [0.15, 0.2) is 0 Å². The van der Waals surface area contributed by atoms with Crippen molar-refractivity contribution in [3.8, 4) is 0 Å². The average Bonchev–Trinajstić information content (AvgIpc) is 2.60. The summed E-state index contributed by atoms with van der Waals surface area (Å²) in [5, 5.41) is 11.7. The number of primary amides is 1. The predicted molar refractivity (Wildman–Crippen MR) is 59.5 cm³/mol. The van der Waals surface area contributed by atoms with Gasteiger partial charge in [-0.1, -0.05) is 6.42 Å². The van der Waals surface area contributed by atoms with Gasteiger partial charge in [0.25, 0.3) is 0 Å². The molecule has 6 nitrogen and oxygen atoms in total. The second-order valence-corrected chi connectivity index (χ2v) is 6.50. The number of rotatable bonds is 5. The van der Waals surface area contributed by atoms with E-state index in [1.165, 1.54) is 6.26 Å². The molecule has 16 heavy (non-hydrogen) atoms. The Labute approximate surface area is 95.1 Å². The highest BCUT2D eigenvalue weighted by atomic mass is 32.2. The molecule has 1 aliphatic rings. The van der Waals surface area contributed by atoms with Crippen molar-refractivity contribution in [2.24, 2.45) is 5.73 Å². The van der Waals surface area contributed by atoms with Gasteiger partial charge in [0, 0.05) is 18.8 Å². The molecule has 3 unspecified atom stereocenters. The normalized spacial score (nSPS) is 27.9. The Morgan fingerprint density at radius 3 is 2.69 bits per heavy atom. The lowest BCUT2D eigenvalue weighted by Crippen LogP contribution is -2.46. The van der Waals surface area contributed by atoms with Gasteiger partial charge >= 0.3 is 0 Å². The highest BCUT2D eigenvalue weighted by Crippen LogP contribution is 2.24. The third-order valence-corrected chi connectivity index (χ3v) is 4.57. The summed E-state index contributed by atoms with van der Waals surface area (Å²) in [7, 11) is -3.08. The van der Waals surface area contributed by atoms with E-state index in [-0.39, 0.29) is 12.6 Å². The number of carbonyl (C=O) groups is 1. The second-order valence-electron chi connectivity index (χ2n) is 4.23. The van der Waals surface area contributed by atoms with Gasteiger partial charge in [-0.3, -0.25) is 4.79 Å². The molecule has 0 saturated heterocycles. The van der Waals surface area contributed by atoms with E-state index in [1.54, 1.807) is 0 Å². The van der Waals surface area contributed by atoms with E-state index < -0.39 is 27.1 Å². The zero-order chi connectivity index (χ0) is 12.3. The number of hydrogen-bond donors (Lipinski definition) is 3. The molecule has 4 N–H and O–H groups in total. The van der Waals surface area contributed by atoms with E-state index in [0.717, 1.165) is 12.8 Å². The molecule has 0 bridgehead atoms. The van der Waals surface area contributed by atoms with Gasteiger partial charge in [-0.05, 0) is 12.8 Å². The molecular weight excluding hydrogens is 232 g/mol. The maximum Gasteiger partial charge on any atom is 0.247 e. The molecule has 0 aromatic heterocycles. The summed E-state index contributed by atoms with van der Waals surface area (Å²) in [4.78, 5) is 10.6. The minimum absolute atomic E-state index is 0.00597. The van der Waals surface area contributed by atoms with E-state index in [4.69, 9.17) is 5.73 Å². The number of nitrogens with one attached hydrogen (secondary N) is 1. The van der Waals surface area contributed by atoms with Gasteiger partial charge < -0.3 is 16.2 Å². The van der Waals surface area contributed by atoms with Crippen LogP contribution in [0.1, 0.15) is 19.3 Å². The van der Waals surface area contributed by atoms with Crippen LogP contribution in [0.5, 0.6) is 0 Å². The molecule has 0 aromatic carbocycles. The first kappa shape index (κ1) is 13.4. The Hall–Kier alpha value is -0.660. The highest BCUT2D eigenvalue weighted by molar-refractivity contribution is 7.91. The van der Waals surface area contributed by atoms with Crippen LogP contribution in [0.2, 0.25) is 0 Å². The zero-order valence-corrected chi connectivity index (χ0v) is 10.0. The molecule has 1 saturated carbocycles. The lowest BCUT2D eigenvalue weighted by Gasteiger charge is -2.20. The zero-order valence-electron chi connectivity index (χ0n) is 9.22. The number of aliphatic hydroxyl groups excluding tert-OH is 1. The molecular formula is C9H18N2O4S. The number of nitrogens with two attached hydrogens (primary N) is 1. The van der Waals surface area contributed by atoms with Crippen LogP contribution in [0.4, 0.5) is 0 Å². The Kier molecular flexibility index (Phi) is 4.28. The minimum atomic E-state index is -3.08. The average molecular weight is 250 g/mol. The van der Waals surface area contributed by atoms with Crippen molar-refractivity contribution in [3.63, 3.8) is 0 Å². The van der Waals surface area contributed by atoms with Gasteiger partial charge in [-0.25, -0.2) is 8.42 Å². The largest absolute Gasteiger partial charge is 0.382 e. The fourth-order valence-corrected chi connectivity index (χ4v) is 3.46. The fraction of sp³-hybridized carbons (Fsp3) is 0.889. The van der Waals surface area contributed by atoms with Crippen LogP contribution < -0.4 is 11.1 Å². The van der Waals surface area contributed by atoms with Crippen molar-refractivity contribution in [2.75, 3.05) is 12.8 Å². The Morgan fingerprint density at radius 2 is 2.19 bits per heavy atom. The van der Waals surface area contributed by atoms with Crippen LogP contribution in [-0.2, 0) is 14.6 Å². The summed E-state index contributed by atoms with van der Waals surface area (Å²) in [6, 6.07) is -0.191. The molecule has 0 radical (unpaired) electrons. The van der Waals surface area contributed by atoms with Crippen molar-refractivity contribution in [1.29, 1.82) is 0 Å². The van der Waals surface area contributed by atoms with Crippen molar-refractivity contribution >= 4 is 15.7 Å². The third-order valence-electron chi connectivity index (χ3n) is 2.90. The summed E-state index contributed by atoms with van der Waals surface area (Å²) < 4.78 is 22.9. The van der Waals surface area contributed by atoms with Crippen molar-refractivity contribution < 1.29 is 18.3 Å². The molecule has 3 atom stereocenters. The summed E-state index contributed by atoms with van der Waals surface area (Å²) in [6.45, 7) is 0.00597. The molecule has 0 spiro atoms. The summed E-state index contributed by atoms with van der Waals surface area (Å²) in [5.74, 6) is -0.804. The van der Waals surface area contributed by atoms with E-state index in [2.05, 4.69) is 5.32 Å². The highest BCUT2D eigenvalue weighted by Gasteiger charge is 2.34. The first-order valence-electron chi connectivity index (χ1n) is 5.22. The Morgan fingerprint density at radius 1 is 1.56 bits per heavy atom. The van der Waals surface area contributed by atoms with Crippen LogP contribution in [-0.4, -0.2) is 49.6 Å². The van der Waals surface area contributed by atoms with Crippen LogP contribution in [0.3, 0.4) is 0 Å². The van der Waals surface area contributed by atoms with Gasteiger partial charge in [0.2, 0.25) is 5.91 Å². The minimum Gasteiger partial charge on any atom is -0.382 e. The van der Waals surface area contributed by atoms with Crippen LogP contribution in [0.25, 0.3) is 0 Å². The van der Waals surface area contributed by atoms with Crippen LogP contribution in [0, 0.1) is 0 Å². The number of sulfone groups is 1. The quantitative estimate of drug-likeness (QED) is 0.544. The number of amides is 1. The lowest BCUT2D eigenvalue weighted by atomic mass is 10.2. The van der Waals surface area contributed by atoms with Gasteiger partial charge in [0.15, 0.2) is 9.84 Å². The molecule has 0 heterocycles. The smallest absolute Gasteiger partial charge is 0.247 e. The van der Waals surface area contributed by atoms with Crippen LogP contribution >= 0.6 is 0 Å². The fourth-order valence-electron chi connectivity index (χ4n) is 2.04. The maximum atomic E-state index is 11.4. The number of hydrogen-bond acceptors (Lipinski definition) is 5. The summed E-state index contributed by atoms with van der Waals surface area (Å²) >= 11 is 0. The number of carbonyl (C=O) groups excluding carboxylic acids is 1. The molecule has 0 aliphatic heterocycles. The topological polar surface area (TPSA) is 109 Å². The molecule has 1 amide bonds. The lowest BCUT2D eigenvalue weighted by molar-refractivity contribution is -0.125. The van der Waals surface area contributed by atoms with Gasteiger partial charge in [-0.15, -0.1) is 0 Å². The molecule has 1 rings (SSSR count). The monoisotopic (exact) mass is 250 g/mol. The molecule has 0 aromatic rings. The first-order chi connectivity index (χ1) is 7.32. The number of aliphatic hydroxyl groups is 1. The summed E-state index contributed by atoms with van der Waals surface area (Å²) in [5.41, 5.74) is 4.89. The third kappa shape index (κ3) is 3.43. The van der Waals surface area contributed by atoms with Gasteiger partial charge in [0.1, 0.15) is 6.10 Å². The van der Waals surface area contributed by atoms with E-state index in [9.17, 15) is 18.3 Å². The molecule has 7 heteroatoms. The summed E-state index contributed by atoms with van der Waals surface area (Å²) in [6.07, 6.45) is 2.15. The Balaban J connectivity index is 2.51.